The maximum atomic E-state index is 10.7. The molecule has 3 rings (SSSR count). The highest BCUT2D eigenvalue weighted by atomic mass is 16.4. The number of hydrogen-bond acceptors (Lipinski definition) is 3. The van der Waals surface area contributed by atoms with E-state index in [0.717, 1.165) is 11.8 Å². The van der Waals surface area contributed by atoms with Crippen LogP contribution >= 0.6 is 0 Å². The van der Waals surface area contributed by atoms with E-state index in [2.05, 4.69) is 17.5 Å². The summed E-state index contributed by atoms with van der Waals surface area (Å²) < 4.78 is 4.91. The Hall–Kier alpha value is -2.29. The Kier molecular flexibility index (Phi) is 3.76. The third-order valence-corrected chi connectivity index (χ3v) is 2.23. The largest absolute Gasteiger partial charge is 0.423 e. The molecule has 3 heteroatoms. The van der Waals surface area contributed by atoms with Gasteiger partial charge in [-0.05, 0) is 31.0 Å². The monoisotopic (exact) mass is 227 g/mol. The molecule has 0 aliphatic carbocycles. The summed E-state index contributed by atoms with van der Waals surface area (Å²) in [7, 11) is 0. The zero-order valence-corrected chi connectivity index (χ0v) is 9.30. The number of allylic oxidation sites excluding steroid dienone is 2. The molecule has 0 amide bonds. The van der Waals surface area contributed by atoms with Crippen LogP contribution < -0.4 is 10.9 Å². The van der Waals surface area contributed by atoms with Crippen LogP contribution in [-0.2, 0) is 0 Å². The molecule has 0 spiro atoms. The fourth-order valence-electron chi connectivity index (χ4n) is 1.42. The quantitative estimate of drug-likeness (QED) is 0.704. The van der Waals surface area contributed by atoms with Crippen molar-refractivity contribution in [3.63, 3.8) is 0 Å². The van der Waals surface area contributed by atoms with Crippen molar-refractivity contribution in [2.75, 3.05) is 0 Å². The molecule has 0 unspecified atom stereocenters. The number of para-hydroxylation sites is 1. The van der Waals surface area contributed by atoms with Gasteiger partial charge in [0, 0.05) is 11.5 Å². The van der Waals surface area contributed by atoms with Crippen molar-refractivity contribution in [3.8, 4) is 0 Å². The molecule has 0 saturated carbocycles. The van der Waals surface area contributed by atoms with E-state index in [1.54, 1.807) is 12.1 Å². The number of rotatable bonds is 0. The lowest BCUT2D eigenvalue weighted by Crippen LogP contribution is -1.93. The molecule has 0 fully saturated rings. The number of benzene rings is 1. The standard InChI is InChI=1S/C9H6O2.C5H7N/c10-9-6-5-7-3-1-2-4-8(7)11-9;1-2-4-6-5-3-1/h1-6H;2-6H,1H2. The van der Waals surface area contributed by atoms with Crippen molar-refractivity contribution in [1.29, 1.82) is 0 Å². The lowest BCUT2D eigenvalue weighted by atomic mass is 10.2. The number of nitrogens with one attached hydrogen (secondary N) is 1. The van der Waals surface area contributed by atoms with Crippen LogP contribution in [-0.4, -0.2) is 0 Å². The second kappa shape index (κ2) is 5.70. The van der Waals surface area contributed by atoms with Gasteiger partial charge in [-0.25, -0.2) is 4.79 Å². The smallest absolute Gasteiger partial charge is 0.336 e. The van der Waals surface area contributed by atoms with Crippen LogP contribution in [0.5, 0.6) is 0 Å². The first-order valence-corrected chi connectivity index (χ1v) is 5.41. The van der Waals surface area contributed by atoms with Crippen molar-refractivity contribution < 1.29 is 4.42 Å². The van der Waals surface area contributed by atoms with E-state index in [9.17, 15) is 4.79 Å². The number of dihydropyridines is 1. The van der Waals surface area contributed by atoms with Crippen molar-refractivity contribution in [1.82, 2.24) is 5.32 Å². The van der Waals surface area contributed by atoms with E-state index >= 15 is 0 Å². The molecule has 1 aliphatic rings. The first-order chi connectivity index (χ1) is 8.36. The van der Waals surface area contributed by atoms with Gasteiger partial charge >= 0.3 is 5.63 Å². The Morgan fingerprint density at radius 2 is 1.76 bits per heavy atom. The first-order valence-electron chi connectivity index (χ1n) is 5.41. The Labute approximate surface area is 99.1 Å². The maximum Gasteiger partial charge on any atom is 0.336 e. The van der Waals surface area contributed by atoms with Gasteiger partial charge in [0.05, 0.1) is 0 Å². The van der Waals surface area contributed by atoms with Gasteiger partial charge in [-0.1, -0.05) is 30.4 Å². The minimum Gasteiger partial charge on any atom is -0.423 e. The molecule has 3 nitrogen and oxygen atoms in total. The molecule has 0 saturated heterocycles. The van der Waals surface area contributed by atoms with Crippen LogP contribution in [0.1, 0.15) is 6.42 Å². The second-order valence-electron chi connectivity index (χ2n) is 3.50. The fraction of sp³-hybridized carbons (Fsp3) is 0.0714. The molecule has 1 aromatic carbocycles. The Morgan fingerprint density at radius 1 is 1.00 bits per heavy atom. The van der Waals surface area contributed by atoms with Crippen LogP contribution in [0.15, 0.2) is 70.2 Å². The van der Waals surface area contributed by atoms with E-state index in [1.165, 1.54) is 6.07 Å². The van der Waals surface area contributed by atoms with E-state index in [4.69, 9.17) is 4.42 Å². The summed E-state index contributed by atoms with van der Waals surface area (Å²) in [6.07, 6.45) is 9.08. The van der Waals surface area contributed by atoms with Crippen molar-refractivity contribution >= 4 is 11.0 Å². The predicted molar refractivity (Wildman–Crippen MR) is 68.5 cm³/mol. The summed E-state index contributed by atoms with van der Waals surface area (Å²) in [5.41, 5.74) is 0.337. The van der Waals surface area contributed by atoms with Crippen LogP contribution in [0.2, 0.25) is 0 Å². The van der Waals surface area contributed by atoms with E-state index in [0.29, 0.717) is 5.58 Å². The van der Waals surface area contributed by atoms with E-state index in [-0.39, 0.29) is 5.63 Å². The molecule has 86 valence electrons. The average Bonchev–Trinajstić information content (AvgIpc) is 2.41. The molecular weight excluding hydrogens is 214 g/mol. The Bertz CT molecular complexity index is 576. The molecule has 1 aliphatic heterocycles. The van der Waals surface area contributed by atoms with Gasteiger partial charge in [0.15, 0.2) is 0 Å². The Morgan fingerprint density at radius 3 is 2.41 bits per heavy atom. The highest BCUT2D eigenvalue weighted by Gasteiger charge is 1.92. The molecule has 0 bridgehead atoms. The van der Waals surface area contributed by atoms with E-state index < -0.39 is 0 Å². The van der Waals surface area contributed by atoms with Crippen LogP contribution in [0, 0.1) is 0 Å². The molecule has 1 N–H and O–H groups in total. The minimum atomic E-state index is -0.302. The lowest BCUT2D eigenvalue weighted by molar-refractivity contribution is 0.561. The van der Waals surface area contributed by atoms with Crippen LogP contribution in [0.4, 0.5) is 0 Å². The van der Waals surface area contributed by atoms with E-state index in [1.807, 2.05) is 30.6 Å². The van der Waals surface area contributed by atoms with Crippen molar-refractivity contribution in [2.45, 2.75) is 6.42 Å². The van der Waals surface area contributed by atoms with Gasteiger partial charge in [-0.3, -0.25) is 0 Å². The fourth-order valence-corrected chi connectivity index (χ4v) is 1.42. The molecule has 0 atom stereocenters. The van der Waals surface area contributed by atoms with Crippen molar-refractivity contribution in [2.24, 2.45) is 0 Å². The van der Waals surface area contributed by atoms with Gasteiger partial charge in [-0.15, -0.1) is 0 Å². The molecule has 0 radical (unpaired) electrons. The van der Waals surface area contributed by atoms with Crippen molar-refractivity contribution in [3.05, 3.63) is 71.4 Å². The lowest BCUT2D eigenvalue weighted by Gasteiger charge is -1.92. The van der Waals surface area contributed by atoms with Gasteiger partial charge in [-0.2, -0.15) is 0 Å². The molecule has 1 aromatic heterocycles. The topological polar surface area (TPSA) is 42.2 Å². The molecule has 17 heavy (non-hydrogen) atoms. The van der Waals surface area contributed by atoms with Gasteiger partial charge in [0.2, 0.25) is 0 Å². The molecule has 2 heterocycles. The van der Waals surface area contributed by atoms with Gasteiger partial charge in [0.25, 0.3) is 0 Å². The highest BCUT2D eigenvalue weighted by molar-refractivity contribution is 5.75. The summed E-state index contributed by atoms with van der Waals surface area (Å²) in [6, 6.07) is 10.6. The Balaban J connectivity index is 0.000000153. The highest BCUT2D eigenvalue weighted by Crippen LogP contribution is 2.08. The number of hydrogen-bond donors (Lipinski definition) is 1. The summed E-state index contributed by atoms with van der Waals surface area (Å²) in [5, 5.41) is 3.87. The summed E-state index contributed by atoms with van der Waals surface area (Å²) >= 11 is 0. The summed E-state index contributed by atoms with van der Waals surface area (Å²) in [4.78, 5) is 10.7. The summed E-state index contributed by atoms with van der Waals surface area (Å²) in [5.74, 6) is 0. The second-order valence-corrected chi connectivity index (χ2v) is 3.50. The maximum absolute atomic E-state index is 10.7. The average molecular weight is 227 g/mol. The predicted octanol–water partition coefficient (Wildman–Crippen LogP) is 2.80. The molecular formula is C14H13NO2. The van der Waals surface area contributed by atoms with Crippen LogP contribution in [0.3, 0.4) is 0 Å². The number of fused-ring (bicyclic) bond motifs is 1. The normalized spacial score (nSPS) is 12.7. The van der Waals surface area contributed by atoms with Gasteiger partial charge in [0.1, 0.15) is 5.58 Å². The third kappa shape index (κ3) is 3.34. The van der Waals surface area contributed by atoms with Gasteiger partial charge < -0.3 is 9.73 Å². The third-order valence-electron chi connectivity index (χ3n) is 2.23. The van der Waals surface area contributed by atoms with Crippen LogP contribution in [0.25, 0.3) is 11.0 Å². The summed E-state index contributed by atoms with van der Waals surface area (Å²) in [6.45, 7) is 0. The SMILES string of the molecule is C1=CNC=CC1.O=c1ccc2ccccc2o1. The molecule has 2 aromatic rings. The first kappa shape index (κ1) is 11.2. The zero-order valence-electron chi connectivity index (χ0n) is 9.30. The minimum absolute atomic E-state index is 0.302. The zero-order chi connectivity index (χ0) is 11.9.